The smallest absolute Gasteiger partial charge is 0.156 e. The predicted octanol–water partition coefficient (Wildman–Crippen LogP) is 2.11. The highest BCUT2D eigenvalue weighted by Crippen LogP contribution is 2.65. The van der Waals surface area contributed by atoms with Crippen molar-refractivity contribution < 1.29 is 16.4 Å². The lowest BCUT2D eigenvalue weighted by molar-refractivity contribution is 0.0742. The molecular weight excluding hydrogens is 270 g/mol. The Labute approximate surface area is 74.5 Å². The van der Waals surface area contributed by atoms with Crippen molar-refractivity contribution in [3.05, 3.63) is 0 Å². The van der Waals surface area contributed by atoms with Gasteiger partial charge in [-0.3, -0.25) is 0 Å². The molecule has 1 heterocycles. The van der Waals surface area contributed by atoms with Crippen LogP contribution in [0.1, 0.15) is 6.42 Å². The summed E-state index contributed by atoms with van der Waals surface area (Å²) in [7, 11) is -0.840. The fourth-order valence-electron chi connectivity index (χ4n) is 0.622. The monoisotopic (exact) mass is 279 g/mol. The molecule has 1 saturated heterocycles. The Balaban J connectivity index is 2.44. The van der Waals surface area contributed by atoms with Crippen molar-refractivity contribution in [2.24, 2.45) is 0 Å². The average molecular weight is 279 g/mol. The van der Waals surface area contributed by atoms with Crippen molar-refractivity contribution >= 4 is 31.2 Å². The van der Waals surface area contributed by atoms with Gasteiger partial charge in [0.05, 0.1) is 7.11 Å². The van der Waals surface area contributed by atoms with E-state index >= 15 is 0 Å². The number of hydrogen-bond acceptors (Lipinski definition) is 4. The second-order valence-corrected chi connectivity index (χ2v) is 4.81. The molecule has 0 aromatic carbocycles. The Morgan fingerprint density at radius 1 is 1.40 bits per heavy atom. The molecule has 0 spiro atoms. The predicted molar refractivity (Wildman–Crippen MR) is 45.6 cm³/mol. The van der Waals surface area contributed by atoms with Crippen molar-refractivity contribution in [2.75, 3.05) is 20.3 Å². The summed E-state index contributed by atoms with van der Waals surface area (Å²) in [5.41, 5.74) is 0. The first kappa shape index (κ1) is 9.09. The molecule has 0 aromatic rings. The molecule has 0 aromatic heterocycles. The van der Waals surface area contributed by atoms with E-state index in [1.165, 1.54) is 7.11 Å². The van der Waals surface area contributed by atoms with E-state index in [-0.39, 0.29) is 0 Å². The van der Waals surface area contributed by atoms with Crippen LogP contribution < -0.4 is 0 Å². The Hall–Kier alpha value is 1.00. The minimum Gasteiger partial charge on any atom is -0.156 e. The zero-order chi connectivity index (χ0) is 7.45. The van der Waals surface area contributed by atoms with Crippen LogP contribution in [0, 0.1) is 0 Å². The largest absolute Gasteiger partial charge is 0.584 e. The SMILES string of the molecule is CO[P+]1(OI)OCCCO1. The van der Waals surface area contributed by atoms with Gasteiger partial charge in [0.25, 0.3) is 0 Å². The first-order chi connectivity index (χ1) is 4.83. The molecule has 6 heteroatoms. The van der Waals surface area contributed by atoms with E-state index in [2.05, 4.69) is 0 Å². The van der Waals surface area contributed by atoms with Crippen LogP contribution >= 0.6 is 31.2 Å². The van der Waals surface area contributed by atoms with Crippen molar-refractivity contribution in [1.82, 2.24) is 0 Å². The lowest BCUT2D eigenvalue weighted by atomic mass is 10.5. The normalized spacial score (nSPS) is 24.6. The van der Waals surface area contributed by atoms with Crippen molar-refractivity contribution in [3.8, 4) is 0 Å². The van der Waals surface area contributed by atoms with Gasteiger partial charge in [0.1, 0.15) is 13.2 Å². The Kier molecular flexibility index (Phi) is 3.76. The lowest BCUT2D eigenvalue weighted by Crippen LogP contribution is -2.14. The molecule has 0 radical (unpaired) electrons. The van der Waals surface area contributed by atoms with Gasteiger partial charge in [-0.2, -0.15) is 13.6 Å². The van der Waals surface area contributed by atoms with Crippen LogP contribution in [-0.2, 0) is 16.4 Å². The summed E-state index contributed by atoms with van der Waals surface area (Å²) in [6.45, 7) is 1.31. The van der Waals surface area contributed by atoms with Gasteiger partial charge in [-0.1, -0.05) is 2.85 Å². The Morgan fingerprint density at radius 2 is 2.00 bits per heavy atom. The van der Waals surface area contributed by atoms with Crippen LogP contribution in [0.15, 0.2) is 0 Å². The van der Waals surface area contributed by atoms with E-state index in [0.29, 0.717) is 13.2 Å². The van der Waals surface area contributed by atoms with Crippen LogP contribution in [0.3, 0.4) is 0 Å². The molecule has 60 valence electrons. The minimum absolute atomic E-state index is 0.657. The zero-order valence-corrected chi connectivity index (χ0v) is 8.63. The lowest BCUT2D eigenvalue weighted by Gasteiger charge is -2.18. The number of halogens is 1. The third-order valence-corrected chi connectivity index (χ3v) is 4.16. The molecule has 0 bridgehead atoms. The molecule has 10 heavy (non-hydrogen) atoms. The van der Waals surface area contributed by atoms with Gasteiger partial charge >= 0.3 is 8.17 Å². The molecule has 1 aliphatic heterocycles. The maximum absolute atomic E-state index is 5.20. The van der Waals surface area contributed by atoms with Crippen molar-refractivity contribution in [3.63, 3.8) is 0 Å². The highest BCUT2D eigenvalue weighted by molar-refractivity contribution is 14.1. The molecule has 1 fully saturated rings. The van der Waals surface area contributed by atoms with E-state index in [4.69, 9.17) is 16.4 Å². The molecule has 0 N–H and O–H groups in total. The molecule has 1 rings (SSSR count). The number of hydrogen-bond donors (Lipinski definition) is 0. The molecule has 1 aliphatic rings. The van der Waals surface area contributed by atoms with E-state index in [9.17, 15) is 0 Å². The molecule has 0 unspecified atom stereocenters. The maximum Gasteiger partial charge on any atom is 0.584 e. The van der Waals surface area contributed by atoms with E-state index in [1.807, 2.05) is 0 Å². The number of rotatable bonds is 2. The van der Waals surface area contributed by atoms with E-state index in [0.717, 1.165) is 6.42 Å². The second kappa shape index (κ2) is 4.13. The van der Waals surface area contributed by atoms with Crippen LogP contribution in [0.2, 0.25) is 0 Å². The van der Waals surface area contributed by atoms with E-state index in [1.54, 1.807) is 23.0 Å². The fraction of sp³-hybridized carbons (Fsp3) is 1.00. The van der Waals surface area contributed by atoms with Gasteiger partial charge < -0.3 is 0 Å². The zero-order valence-electron chi connectivity index (χ0n) is 5.58. The molecule has 0 saturated carbocycles. The quantitative estimate of drug-likeness (QED) is 0.573. The highest BCUT2D eigenvalue weighted by Gasteiger charge is 2.50. The molecular formula is C4H9IO4P+. The summed E-state index contributed by atoms with van der Waals surface area (Å²) in [6.07, 6.45) is 0.908. The summed E-state index contributed by atoms with van der Waals surface area (Å²) < 4.78 is 20.3. The van der Waals surface area contributed by atoms with Gasteiger partial charge in [-0.15, -0.1) is 0 Å². The summed E-state index contributed by atoms with van der Waals surface area (Å²) in [6, 6.07) is 0. The van der Waals surface area contributed by atoms with Crippen LogP contribution in [0.4, 0.5) is 0 Å². The Morgan fingerprint density at radius 3 is 2.30 bits per heavy atom. The highest BCUT2D eigenvalue weighted by atomic mass is 127. The summed E-state index contributed by atoms with van der Waals surface area (Å²) in [5, 5.41) is 0. The molecule has 0 atom stereocenters. The van der Waals surface area contributed by atoms with Gasteiger partial charge in [0.15, 0.2) is 23.0 Å². The molecule has 0 aliphatic carbocycles. The average Bonchev–Trinajstić information content (AvgIpc) is 2.06. The first-order valence-corrected chi connectivity index (χ1v) is 5.21. The fourth-order valence-corrected chi connectivity index (χ4v) is 2.91. The first-order valence-electron chi connectivity index (χ1n) is 2.87. The summed E-state index contributed by atoms with van der Waals surface area (Å²) in [5.74, 6) is 0. The molecule has 0 amide bonds. The summed E-state index contributed by atoms with van der Waals surface area (Å²) >= 11 is 1.73. The second-order valence-electron chi connectivity index (χ2n) is 1.72. The summed E-state index contributed by atoms with van der Waals surface area (Å²) in [4.78, 5) is 0. The third-order valence-electron chi connectivity index (χ3n) is 1.10. The van der Waals surface area contributed by atoms with E-state index < -0.39 is 8.17 Å². The maximum atomic E-state index is 5.20. The van der Waals surface area contributed by atoms with Gasteiger partial charge in [0.2, 0.25) is 0 Å². The van der Waals surface area contributed by atoms with Gasteiger partial charge in [-0.05, 0) is 0 Å². The minimum atomic E-state index is -2.37. The van der Waals surface area contributed by atoms with Crippen LogP contribution in [0.25, 0.3) is 0 Å². The third kappa shape index (κ3) is 1.99. The van der Waals surface area contributed by atoms with Crippen molar-refractivity contribution in [1.29, 1.82) is 0 Å². The Bertz CT molecular complexity index is 99.4. The standard InChI is InChI=1S/C4H9IO4P/c1-6-10(9-5)7-3-2-4-8-10/h2-4H2,1H3/q+1. The van der Waals surface area contributed by atoms with Gasteiger partial charge in [0, 0.05) is 6.42 Å². The van der Waals surface area contributed by atoms with Crippen LogP contribution in [-0.4, -0.2) is 20.3 Å². The van der Waals surface area contributed by atoms with Crippen molar-refractivity contribution in [2.45, 2.75) is 6.42 Å². The molecule has 4 nitrogen and oxygen atoms in total. The van der Waals surface area contributed by atoms with Gasteiger partial charge in [-0.25, -0.2) is 0 Å². The topological polar surface area (TPSA) is 36.9 Å². The van der Waals surface area contributed by atoms with Crippen LogP contribution in [0.5, 0.6) is 0 Å².